The highest BCUT2D eigenvalue weighted by Gasteiger charge is 2.20. The Kier molecular flexibility index (Phi) is 5.79. The van der Waals surface area contributed by atoms with Crippen molar-refractivity contribution in [2.75, 3.05) is 13.1 Å². The molecule has 156 valence electrons. The number of carbonyl (C=O) groups is 2. The highest BCUT2D eigenvalue weighted by atomic mass is 16.5. The van der Waals surface area contributed by atoms with Crippen LogP contribution in [0.3, 0.4) is 0 Å². The summed E-state index contributed by atoms with van der Waals surface area (Å²) in [5, 5.41) is 7.68. The number of rotatable bonds is 6. The van der Waals surface area contributed by atoms with Gasteiger partial charge in [-0.05, 0) is 36.0 Å². The lowest BCUT2D eigenvalue weighted by molar-refractivity contribution is -0.132. The van der Waals surface area contributed by atoms with Crippen LogP contribution in [0.25, 0.3) is 11.1 Å². The summed E-state index contributed by atoms with van der Waals surface area (Å²) in [6, 6.07) is 10.0. The molecule has 0 atom stereocenters. The summed E-state index contributed by atoms with van der Waals surface area (Å²) in [6.45, 7) is 5.90. The van der Waals surface area contributed by atoms with Crippen molar-refractivity contribution in [1.82, 2.24) is 20.4 Å². The molecule has 0 saturated heterocycles. The molecule has 0 radical (unpaired) electrons. The third-order valence-corrected chi connectivity index (χ3v) is 5.50. The van der Waals surface area contributed by atoms with E-state index >= 15 is 0 Å². The van der Waals surface area contributed by atoms with Crippen molar-refractivity contribution in [2.24, 2.45) is 0 Å². The second-order valence-corrected chi connectivity index (χ2v) is 7.99. The van der Waals surface area contributed by atoms with E-state index in [1.165, 1.54) is 17.3 Å². The van der Waals surface area contributed by atoms with Gasteiger partial charge in [0.2, 0.25) is 5.91 Å². The number of hydrogen-bond acceptors (Lipinski definition) is 5. The zero-order valence-corrected chi connectivity index (χ0v) is 17.4. The first-order valence-electron chi connectivity index (χ1n) is 10.4. The molecule has 4 rings (SSSR count). The van der Waals surface area contributed by atoms with Gasteiger partial charge in [-0.25, -0.2) is 4.98 Å². The molecule has 3 aromatic rings. The van der Waals surface area contributed by atoms with E-state index in [1.54, 1.807) is 6.07 Å². The second-order valence-electron chi connectivity index (χ2n) is 7.99. The Morgan fingerprint density at radius 3 is 2.83 bits per heavy atom. The Bertz CT molecular complexity index is 1070. The van der Waals surface area contributed by atoms with E-state index in [2.05, 4.69) is 27.6 Å². The summed E-state index contributed by atoms with van der Waals surface area (Å²) in [4.78, 5) is 31.1. The molecule has 0 spiro atoms. The average Bonchev–Trinajstić information content (AvgIpc) is 3.19. The van der Waals surface area contributed by atoms with Gasteiger partial charge in [-0.1, -0.05) is 43.3 Å². The standard InChI is InChI=1S/C23H26N4O3/c1-15(2)21-19-12-18(13-25-23(19)30-26-21)22(29)24-10-5-8-20(28)27-11-9-16-6-3-4-7-17(16)14-27/h3-4,6-7,12-13,15H,5,8-11,14H2,1-2H3,(H,24,29). The predicted octanol–water partition coefficient (Wildman–Crippen LogP) is 3.44. The number of nitrogens with zero attached hydrogens (tertiary/aromatic N) is 3. The molecule has 7 nitrogen and oxygen atoms in total. The molecule has 0 bridgehead atoms. The van der Waals surface area contributed by atoms with Gasteiger partial charge in [-0.15, -0.1) is 0 Å². The fourth-order valence-corrected chi connectivity index (χ4v) is 3.80. The Morgan fingerprint density at radius 2 is 2.03 bits per heavy atom. The molecule has 0 saturated carbocycles. The molecule has 0 aliphatic carbocycles. The van der Waals surface area contributed by atoms with Gasteiger partial charge in [0, 0.05) is 32.3 Å². The molecule has 7 heteroatoms. The van der Waals surface area contributed by atoms with Crippen molar-refractivity contribution in [3.05, 3.63) is 58.9 Å². The van der Waals surface area contributed by atoms with E-state index in [9.17, 15) is 9.59 Å². The van der Waals surface area contributed by atoms with Crippen molar-refractivity contribution >= 4 is 22.9 Å². The Labute approximate surface area is 175 Å². The fourth-order valence-electron chi connectivity index (χ4n) is 3.80. The average molecular weight is 406 g/mol. The molecule has 1 aliphatic rings. The molecule has 1 N–H and O–H groups in total. The normalized spacial score (nSPS) is 13.5. The number of aromatic nitrogens is 2. The maximum Gasteiger partial charge on any atom is 0.257 e. The number of amides is 2. The number of fused-ring (bicyclic) bond motifs is 2. The van der Waals surface area contributed by atoms with Gasteiger partial charge in [-0.3, -0.25) is 9.59 Å². The molecule has 2 amide bonds. The lowest BCUT2D eigenvalue weighted by Gasteiger charge is -2.29. The van der Waals surface area contributed by atoms with Crippen LogP contribution in [0.15, 0.2) is 41.1 Å². The Balaban J connectivity index is 1.27. The summed E-state index contributed by atoms with van der Waals surface area (Å²) in [7, 11) is 0. The first kappa shape index (κ1) is 20.1. The van der Waals surface area contributed by atoms with Gasteiger partial charge in [-0.2, -0.15) is 0 Å². The second kappa shape index (κ2) is 8.65. The van der Waals surface area contributed by atoms with Crippen LogP contribution in [-0.2, 0) is 17.8 Å². The number of hydrogen-bond donors (Lipinski definition) is 1. The first-order chi connectivity index (χ1) is 14.5. The molecule has 3 heterocycles. The maximum atomic E-state index is 12.5. The number of pyridine rings is 1. The highest BCUT2D eigenvalue weighted by Crippen LogP contribution is 2.24. The van der Waals surface area contributed by atoms with Crippen molar-refractivity contribution in [3.63, 3.8) is 0 Å². The van der Waals surface area contributed by atoms with Crippen LogP contribution in [0, 0.1) is 0 Å². The third kappa shape index (κ3) is 4.20. The molecule has 0 fully saturated rings. The van der Waals surface area contributed by atoms with Gasteiger partial charge in [0.05, 0.1) is 16.6 Å². The van der Waals surface area contributed by atoms with E-state index < -0.39 is 0 Å². The van der Waals surface area contributed by atoms with E-state index in [1.807, 2.05) is 30.9 Å². The van der Waals surface area contributed by atoms with E-state index in [4.69, 9.17) is 4.52 Å². The number of benzene rings is 1. The lowest BCUT2D eigenvalue weighted by Crippen LogP contribution is -2.36. The van der Waals surface area contributed by atoms with Crippen LogP contribution in [-0.4, -0.2) is 39.9 Å². The number of nitrogens with one attached hydrogen (secondary N) is 1. The minimum Gasteiger partial charge on any atom is -0.352 e. The molecule has 1 aromatic carbocycles. The van der Waals surface area contributed by atoms with Gasteiger partial charge >= 0.3 is 0 Å². The first-order valence-corrected chi connectivity index (χ1v) is 10.4. The molecular weight excluding hydrogens is 380 g/mol. The van der Waals surface area contributed by atoms with Crippen molar-refractivity contribution < 1.29 is 14.1 Å². The largest absolute Gasteiger partial charge is 0.352 e. The molecule has 2 aromatic heterocycles. The summed E-state index contributed by atoms with van der Waals surface area (Å²) in [6.07, 6.45) is 3.41. The van der Waals surface area contributed by atoms with Crippen LogP contribution in [0.2, 0.25) is 0 Å². The zero-order valence-electron chi connectivity index (χ0n) is 17.4. The minimum atomic E-state index is -0.209. The van der Waals surface area contributed by atoms with Crippen LogP contribution in [0.1, 0.15) is 59.8 Å². The SMILES string of the molecule is CC(C)c1noc2ncc(C(=O)NCCCC(=O)N3CCc4ccccc4C3)cc12. The molecule has 30 heavy (non-hydrogen) atoms. The molecular formula is C23H26N4O3. The fraction of sp³-hybridized carbons (Fsp3) is 0.391. The van der Waals surface area contributed by atoms with E-state index in [0.29, 0.717) is 37.2 Å². The van der Waals surface area contributed by atoms with Crippen LogP contribution >= 0.6 is 0 Å². The molecule has 1 aliphatic heterocycles. The lowest BCUT2D eigenvalue weighted by atomic mass is 9.99. The smallest absolute Gasteiger partial charge is 0.257 e. The third-order valence-electron chi connectivity index (χ3n) is 5.50. The van der Waals surface area contributed by atoms with Crippen LogP contribution < -0.4 is 5.32 Å². The Hall–Kier alpha value is -3.22. The van der Waals surface area contributed by atoms with Crippen molar-refractivity contribution in [2.45, 2.75) is 45.6 Å². The van der Waals surface area contributed by atoms with Gasteiger partial charge < -0.3 is 14.7 Å². The summed E-state index contributed by atoms with van der Waals surface area (Å²) in [5.74, 6) is 0.103. The molecule has 0 unspecified atom stereocenters. The van der Waals surface area contributed by atoms with Gasteiger partial charge in [0.15, 0.2) is 0 Å². The summed E-state index contributed by atoms with van der Waals surface area (Å²) < 4.78 is 5.21. The quantitative estimate of drug-likeness (QED) is 0.634. The summed E-state index contributed by atoms with van der Waals surface area (Å²) in [5.41, 5.74) is 4.24. The van der Waals surface area contributed by atoms with Crippen LogP contribution in [0.4, 0.5) is 0 Å². The van der Waals surface area contributed by atoms with Crippen molar-refractivity contribution in [1.29, 1.82) is 0 Å². The van der Waals surface area contributed by atoms with E-state index in [-0.39, 0.29) is 17.7 Å². The number of carbonyl (C=O) groups excluding carboxylic acids is 2. The highest BCUT2D eigenvalue weighted by molar-refractivity contribution is 5.97. The Morgan fingerprint density at radius 1 is 1.23 bits per heavy atom. The van der Waals surface area contributed by atoms with Gasteiger partial charge in [0.25, 0.3) is 11.6 Å². The topological polar surface area (TPSA) is 88.3 Å². The zero-order chi connectivity index (χ0) is 21.1. The predicted molar refractivity (Wildman–Crippen MR) is 113 cm³/mol. The van der Waals surface area contributed by atoms with Gasteiger partial charge in [0.1, 0.15) is 0 Å². The van der Waals surface area contributed by atoms with Crippen molar-refractivity contribution in [3.8, 4) is 0 Å². The maximum absolute atomic E-state index is 12.5. The minimum absolute atomic E-state index is 0.132. The monoisotopic (exact) mass is 406 g/mol. The van der Waals surface area contributed by atoms with E-state index in [0.717, 1.165) is 24.0 Å². The van der Waals surface area contributed by atoms with Crippen LogP contribution in [0.5, 0.6) is 0 Å². The summed E-state index contributed by atoms with van der Waals surface area (Å²) >= 11 is 0.